The van der Waals surface area contributed by atoms with Crippen LogP contribution in [0.1, 0.15) is 36.8 Å². The molecule has 0 N–H and O–H groups in total. The van der Waals surface area contributed by atoms with Crippen LogP contribution in [0.25, 0.3) is 0 Å². The number of nitrogens with zero attached hydrogens (tertiary/aromatic N) is 2. The van der Waals surface area contributed by atoms with Gasteiger partial charge in [0.15, 0.2) is 0 Å². The minimum atomic E-state index is 0.260. The molecule has 0 radical (unpaired) electrons. The van der Waals surface area contributed by atoms with E-state index in [0.717, 1.165) is 31.6 Å². The average Bonchev–Trinajstić information content (AvgIpc) is 2.70. The molecular formula is C17H26N2O. The molecule has 1 heterocycles. The summed E-state index contributed by atoms with van der Waals surface area (Å²) in [6.07, 6.45) is 4.82. The minimum absolute atomic E-state index is 0.260. The molecule has 3 heteroatoms. The van der Waals surface area contributed by atoms with Crippen molar-refractivity contribution in [2.45, 2.75) is 39.5 Å². The van der Waals surface area contributed by atoms with Crippen molar-refractivity contribution in [3.63, 3.8) is 0 Å². The second-order valence-corrected chi connectivity index (χ2v) is 5.87. The van der Waals surface area contributed by atoms with E-state index >= 15 is 0 Å². The van der Waals surface area contributed by atoms with Crippen molar-refractivity contribution < 1.29 is 4.79 Å². The number of carbonyl (C=O) groups is 1. The van der Waals surface area contributed by atoms with Gasteiger partial charge in [-0.15, -0.1) is 0 Å². The standard InChI is InChI=1S/C17H26N2O/c1-14-9-8-10-16(15(14)2)18(3)13-17(20)19-11-6-4-5-7-12-19/h8-10H,4-7,11-13H2,1-3H3. The Morgan fingerprint density at radius 3 is 2.45 bits per heavy atom. The van der Waals surface area contributed by atoms with E-state index < -0.39 is 0 Å². The highest BCUT2D eigenvalue weighted by molar-refractivity contribution is 5.81. The number of hydrogen-bond donors (Lipinski definition) is 0. The zero-order valence-electron chi connectivity index (χ0n) is 13.0. The molecule has 1 amide bonds. The Morgan fingerprint density at radius 1 is 1.15 bits per heavy atom. The lowest BCUT2D eigenvalue weighted by Gasteiger charge is -2.26. The fourth-order valence-electron chi connectivity index (χ4n) is 2.86. The van der Waals surface area contributed by atoms with E-state index in [-0.39, 0.29) is 5.91 Å². The molecule has 0 unspecified atom stereocenters. The van der Waals surface area contributed by atoms with Gasteiger partial charge in [0, 0.05) is 25.8 Å². The van der Waals surface area contributed by atoms with Gasteiger partial charge in [0.05, 0.1) is 6.54 Å². The van der Waals surface area contributed by atoms with Crippen molar-refractivity contribution in [1.82, 2.24) is 4.90 Å². The Morgan fingerprint density at radius 2 is 1.80 bits per heavy atom. The van der Waals surface area contributed by atoms with Gasteiger partial charge in [0.1, 0.15) is 0 Å². The van der Waals surface area contributed by atoms with E-state index in [9.17, 15) is 4.79 Å². The molecule has 1 aliphatic heterocycles. The van der Waals surface area contributed by atoms with E-state index in [1.807, 2.05) is 11.9 Å². The van der Waals surface area contributed by atoms with Crippen molar-refractivity contribution in [1.29, 1.82) is 0 Å². The van der Waals surface area contributed by atoms with E-state index in [1.165, 1.54) is 24.0 Å². The summed E-state index contributed by atoms with van der Waals surface area (Å²) in [5.74, 6) is 0.260. The van der Waals surface area contributed by atoms with Crippen molar-refractivity contribution in [2.24, 2.45) is 0 Å². The fraction of sp³-hybridized carbons (Fsp3) is 0.588. The summed E-state index contributed by atoms with van der Waals surface area (Å²) in [7, 11) is 2.01. The first kappa shape index (κ1) is 14.9. The highest BCUT2D eigenvalue weighted by Crippen LogP contribution is 2.21. The molecule has 3 nitrogen and oxygen atoms in total. The fourth-order valence-corrected chi connectivity index (χ4v) is 2.86. The SMILES string of the molecule is Cc1cccc(N(C)CC(=O)N2CCCCCC2)c1C. The maximum atomic E-state index is 12.4. The van der Waals surface area contributed by atoms with Gasteiger partial charge in [-0.25, -0.2) is 0 Å². The summed E-state index contributed by atoms with van der Waals surface area (Å²) >= 11 is 0. The maximum absolute atomic E-state index is 12.4. The van der Waals surface area contributed by atoms with Crippen LogP contribution in [0.4, 0.5) is 5.69 Å². The summed E-state index contributed by atoms with van der Waals surface area (Å²) in [5, 5.41) is 0. The van der Waals surface area contributed by atoms with Crippen LogP contribution >= 0.6 is 0 Å². The number of hydrogen-bond acceptors (Lipinski definition) is 2. The van der Waals surface area contributed by atoms with Gasteiger partial charge >= 0.3 is 0 Å². The number of likely N-dealkylation sites (tertiary alicyclic amines) is 1. The third-order valence-corrected chi connectivity index (χ3v) is 4.32. The molecule has 0 aromatic heterocycles. The predicted octanol–water partition coefficient (Wildman–Crippen LogP) is 3.14. The van der Waals surface area contributed by atoms with E-state index in [2.05, 4.69) is 36.9 Å². The smallest absolute Gasteiger partial charge is 0.242 e. The third kappa shape index (κ3) is 3.53. The van der Waals surface area contributed by atoms with E-state index in [4.69, 9.17) is 0 Å². The zero-order chi connectivity index (χ0) is 14.5. The molecule has 1 aromatic carbocycles. The van der Waals surface area contributed by atoms with Crippen LogP contribution in [0.15, 0.2) is 18.2 Å². The van der Waals surface area contributed by atoms with Gasteiger partial charge in [0.2, 0.25) is 5.91 Å². The second-order valence-electron chi connectivity index (χ2n) is 5.87. The lowest BCUT2D eigenvalue weighted by Crippen LogP contribution is -2.39. The first-order valence-electron chi connectivity index (χ1n) is 7.64. The number of likely N-dealkylation sites (N-methyl/N-ethyl adjacent to an activating group) is 1. The Labute approximate surface area is 122 Å². The van der Waals surface area contributed by atoms with Gasteiger partial charge in [-0.05, 0) is 43.9 Å². The Kier molecular flexibility index (Phi) is 5.05. The molecule has 1 saturated heterocycles. The Bertz CT molecular complexity index is 462. The highest BCUT2D eigenvalue weighted by atomic mass is 16.2. The molecule has 1 aromatic rings. The summed E-state index contributed by atoms with van der Waals surface area (Å²) < 4.78 is 0. The number of rotatable bonds is 3. The van der Waals surface area contributed by atoms with Crippen LogP contribution in [0, 0.1) is 13.8 Å². The van der Waals surface area contributed by atoms with Crippen LogP contribution in [0.3, 0.4) is 0 Å². The number of carbonyl (C=O) groups excluding carboxylic acids is 1. The number of benzene rings is 1. The third-order valence-electron chi connectivity index (χ3n) is 4.32. The molecule has 0 spiro atoms. The van der Waals surface area contributed by atoms with Gasteiger partial charge in [-0.1, -0.05) is 25.0 Å². The molecule has 0 saturated carbocycles. The van der Waals surface area contributed by atoms with Crippen molar-refractivity contribution in [3.8, 4) is 0 Å². The molecular weight excluding hydrogens is 248 g/mol. The minimum Gasteiger partial charge on any atom is -0.365 e. The summed E-state index contributed by atoms with van der Waals surface area (Å²) in [4.78, 5) is 16.5. The average molecular weight is 274 g/mol. The summed E-state index contributed by atoms with van der Waals surface area (Å²) in [6.45, 7) is 6.57. The quantitative estimate of drug-likeness (QED) is 0.845. The largest absolute Gasteiger partial charge is 0.365 e. The molecule has 1 fully saturated rings. The highest BCUT2D eigenvalue weighted by Gasteiger charge is 2.18. The first-order chi connectivity index (χ1) is 9.59. The first-order valence-corrected chi connectivity index (χ1v) is 7.64. The number of anilines is 1. The monoisotopic (exact) mass is 274 g/mol. The maximum Gasteiger partial charge on any atom is 0.242 e. The van der Waals surface area contributed by atoms with Crippen LogP contribution in [0.2, 0.25) is 0 Å². The van der Waals surface area contributed by atoms with Crippen molar-refractivity contribution >= 4 is 11.6 Å². The molecule has 1 aliphatic rings. The molecule has 110 valence electrons. The molecule has 20 heavy (non-hydrogen) atoms. The van der Waals surface area contributed by atoms with Crippen LogP contribution in [-0.4, -0.2) is 37.5 Å². The molecule has 2 rings (SSSR count). The topological polar surface area (TPSA) is 23.6 Å². The summed E-state index contributed by atoms with van der Waals surface area (Å²) in [6, 6.07) is 6.27. The predicted molar refractivity (Wildman–Crippen MR) is 84.2 cm³/mol. The molecule has 0 aliphatic carbocycles. The van der Waals surface area contributed by atoms with Gasteiger partial charge in [0.25, 0.3) is 0 Å². The van der Waals surface area contributed by atoms with Gasteiger partial charge in [-0.2, -0.15) is 0 Å². The van der Waals surface area contributed by atoms with E-state index in [0.29, 0.717) is 6.54 Å². The Hall–Kier alpha value is -1.51. The lowest BCUT2D eigenvalue weighted by molar-refractivity contribution is -0.129. The molecule has 0 bridgehead atoms. The number of aryl methyl sites for hydroxylation is 1. The van der Waals surface area contributed by atoms with Crippen LogP contribution in [-0.2, 0) is 4.79 Å². The van der Waals surface area contributed by atoms with E-state index in [1.54, 1.807) is 0 Å². The van der Waals surface area contributed by atoms with Crippen molar-refractivity contribution in [3.05, 3.63) is 29.3 Å². The zero-order valence-corrected chi connectivity index (χ0v) is 13.0. The van der Waals surface area contributed by atoms with Gasteiger partial charge in [-0.3, -0.25) is 4.79 Å². The van der Waals surface area contributed by atoms with Gasteiger partial charge < -0.3 is 9.80 Å². The molecule has 0 atom stereocenters. The second kappa shape index (κ2) is 6.78. The van der Waals surface area contributed by atoms with Crippen LogP contribution in [0.5, 0.6) is 0 Å². The van der Waals surface area contributed by atoms with Crippen molar-refractivity contribution in [2.75, 3.05) is 31.6 Å². The number of amides is 1. The summed E-state index contributed by atoms with van der Waals surface area (Å²) in [5.41, 5.74) is 3.70. The lowest BCUT2D eigenvalue weighted by atomic mass is 10.1. The normalized spacial score (nSPS) is 15.8. The van der Waals surface area contributed by atoms with Crippen LogP contribution < -0.4 is 4.90 Å². The Balaban J connectivity index is 2.01.